The first-order chi connectivity index (χ1) is 10.2. The zero-order valence-electron chi connectivity index (χ0n) is 13.6. The van der Waals surface area contributed by atoms with Crippen LogP contribution in [0.5, 0.6) is 5.75 Å². The lowest BCUT2D eigenvalue weighted by Gasteiger charge is -2.48. The SMILES string of the molecule is COc1ccc(C2(C3CCCCC3)CCN(C)CC2)cc1. The Kier molecular flexibility index (Phi) is 4.54. The lowest BCUT2D eigenvalue weighted by Crippen LogP contribution is -2.46. The van der Waals surface area contributed by atoms with Crippen LogP contribution in [0.25, 0.3) is 0 Å². The Bertz CT molecular complexity index is 439. The van der Waals surface area contributed by atoms with E-state index in [0.717, 1.165) is 11.7 Å². The summed E-state index contributed by atoms with van der Waals surface area (Å²) in [6.45, 7) is 2.48. The van der Waals surface area contributed by atoms with Gasteiger partial charge in [0.15, 0.2) is 0 Å². The fourth-order valence-electron chi connectivity index (χ4n) is 4.53. The highest BCUT2D eigenvalue weighted by atomic mass is 16.5. The summed E-state index contributed by atoms with van der Waals surface area (Å²) in [5.74, 6) is 1.86. The Labute approximate surface area is 129 Å². The van der Waals surface area contributed by atoms with Crippen molar-refractivity contribution in [3.63, 3.8) is 0 Å². The Hall–Kier alpha value is -1.02. The Morgan fingerprint density at radius 3 is 2.19 bits per heavy atom. The van der Waals surface area contributed by atoms with Crippen LogP contribution >= 0.6 is 0 Å². The van der Waals surface area contributed by atoms with Gasteiger partial charge in [-0.25, -0.2) is 0 Å². The minimum Gasteiger partial charge on any atom is -0.497 e. The molecule has 0 spiro atoms. The van der Waals surface area contributed by atoms with Crippen LogP contribution in [0.1, 0.15) is 50.5 Å². The van der Waals surface area contributed by atoms with E-state index < -0.39 is 0 Å². The zero-order valence-corrected chi connectivity index (χ0v) is 13.6. The molecule has 1 aromatic carbocycles. The first-order valence-electron chi connectivity index (χ1n) is 8.58. The Morgan fingerprint density at radius 2 is 1.62 bits per heavy atom. The van der Waals surface area contributed by atoms with E-state index in [4.69, 9.17) is 4.74 Å². The van der Waals surface area contributed by atoms with E-state index >= 15 is 0 Å². The number of piperidine rings is 1. The highest BCUT2D eigenvalue weighted by Gasteiger charge is 2.42. The molecule has 21 heavy (non-hydrogen) atoms. The van der Waals surface area contributed by atoms with Crippen LogP contribution < -0.4 is 4.74 Å². The van der Waals surface area contributed by atoms with Gasteiger partial charge in [-0.1, -0.05) is 31.4 Å². The maximum atomic E-state index is 5.34. The third kappa shape index (κ3) is 2.96. The van der Waals surface area contributed by atoms with Gasteiger partial charge < -0.3 is 9.64 Å². The number of methoxy groups -OCH3 is 1. The molecule has 0 amide bonds. The summed E-state index contributed by atoms with van der Waals surface area (Å²) in [6.07, 6.45) is 9.79. The predicted octanol–water partition coefficient (Wildman–Crippen LogP) is 4.24. The number of benzene rings is 1. The maximum Gasteiger partial charge on any atom is 0.118 e. The summed E-state index contributed by atoms with van der Waals surface area (Å²) >= 11 is 0. The van der Waals surface area contributed by atoms with Crippen molar-refractivity contribution in [3.05, 3.63) is 29.8 Å². The molecule has 2 nitrogen and oxygen atoms in total. The zero-order chi connectivity index (χ0) is 14.7. The topological polar surface area (TPSA) is 12.5 Å². The molecule has 2 fully saturated rings. The van der Waals surface area contributed by atoms with Gasteiger partial charge in [0, 0.05) is 5.41 Å². The van der Waals surface area contributed by atoms with E-state index in [1.807, 2.05) is 0 Å². The molecule has 116 valence electrons. The van der Waals surface area contributed by atoms with Gasteiger partial charge >= 0.3 is 0 Å². The molecule has 0 bridgehead atoms. The molecule has 2 heteroatoms. The van der Waals surface area contributed by atoms with Crippen molar-refractivity contribution >= 4 is 0 Å². The van der Waals surface area contributed by atoms with Gasteiger partial charge in [-0.05, 0) is 69.4 Å². The van der Waals surface area contributed by atoms with Crippen LogP contribution in [0.3, 0.4) is 0 Å². The fraction of sp³-hybridized carbons (Fsp3) is 0.684. The molecular formula is C19H29NO. The number of hydrogen-bond acceptors (Lipinski definition) is 2. The summed E-state index contributed by atoms with van der Waals surface area (Å²) < 4.78 is 5.34. The quantitative estimate of drug-likeness (QED) is 0.824. The molecule has 2 aliphatic rings. The van der Waals surface area contributed by atoms with E-state index in [0.29, 0.717) is 5.41 Å². The van der Waals surface area contributed by atoms with E-state index in [-0.39, 0.29) is 0 Å². The van der Waals surface area contributed by atoms with Crippen LogP contribution in [0.4, 0.5) is 0 Å². The van der Waals surface area contributed by atoms with Gasteiger partial charge in [-0.15, -0.1) is 0 Å². The average Bonchev–Trinajstić information content (AvgIpc) is 2.57. The highest BCUT2D eigenvalue weighted by Crippen LogP contribution is 2.47. The first-order valence-corrected chi connectivity index (χ1v) is 8.58. The summed E-state index contributed by atoms with van der Waals surface area (Å²) in [4.78, 5) is 2.49. The van der Waals surface area contributed by atoms with Crippen LogP contribution in [0.15, 0.2) is 24.3 Å². The van der Waals surface area contributed by atoms with Crippen molar-refractivity contribution in [3.8, 4) is 5.75 Å². The number of ether oxygens (including phenoxy) is 1. The fourth-order valence-corrected chi connectivity index (χ4v) is 4.53. The molecule has 0 unspecified atom stereocenters. The van der Waals surface area contributed by atoms with E-state index in [1.165, 1.54) is 58.0 Å². The van der Waals surface area contributed by atoms with Crippen molar-refractivity contribution in [1.82, 2.24) is 4.90 Å². The van der Waals surface area contributed by atoms with E-state index in [9.17, 15) is 0 Å². The lowest BCUT2D eigenvalue weighted by atomic mass is 9.60. The van der Waals surface area contributed by atoms with Crippen molar-refractivity contribution in [2.75, 3.05) is 27.2 Å². The highest BCUT2D eigenvalue weighted by molar-refractivity contribution is 5.34. The summed E-state index contributed by atoms with van der Waals surface area (Å²) in [7, 11) is 4.01. The van der Waals surface area contributed by atoms with Crippen LogP contribution in [0, 0.1) is 5.92 Å². The molecule has 0 radical (unpaired) electrons. The predicted molar refractivity (Wildman–Crippen MR) is 88.0 cm³/mol. The molecule has 1 heterocycles. The van der Waals surface area contributed by atoms with Crippen LogP contribution in [-0.2, 0) is 5.41 Å². The van der Waals surface area contributed by atoms with Crippen molar-refractivity contribution in [2.24, 2.45) is 5.92 Å². The molecule has 0 N–H and O–H groups in total. The number of likely N-dealkylation sites (tertiary alicyclic amines) is 1. The molecule has 1 saturated carbocycles. The first kappa shape index (κ1) is 14.9. The second-order valence-electron chi connectivity index (χ2n) is 7.02. The van der Waals surface area contributed by atoms with E-state index in [2.05, 4.69) is 36.2 Å². The maximum absolute atomic E-state index is 5.34. The number of nitrogens with zero attached hydrogens (tertiary/aromatic N) is 1. The van der Waals surface area contributed by atoms with E-state index in [1.54, 1.807) is 12.7 Å². The van der Waals surface area contributed by atoms with Crippen molar-refractivity contribution in [1.29, 1.82) is 0 Å². The van der Waals surface area contributed by atoms with Gasteiger partial charge in [0.25, 0.3) is 0 Å². The molecule has 1 aliphatic heterocycles. The third-order valence-electron chi connectivity index (χ3n) is 5.93. The summed E-state index contributed by atoms with van der Waals surface area (Å²) in [5.41, 5.74) is 1.97. The monoisotopic (exact) mass is 287 g/mol. The van der Waals surface area contributed by atoms with Crippen molar-refractivity contribution in [2.45, 2.75) is 50.4 Å². The Morgan fingerprint density at radius 1 is 1.00 bits per heavy atom. The average molecular weight is 287 g/mol. The second-order valence-corrected chi connectivity index (χ2v) is 7.02. The molecule has 3 rings (SSSR count). The minimum atomic E-state index is 0.416. The molecule has 1 saturated heterocycles. The molecule has 1 aliphatic carbocycles. The Balaban J connectivity index is 1.90. The number of rotatable bonds is 3. The van der Waals surface area contributed by atoms with Gasteiger partial charge in [-0.3, -0.25) is 0 Å². The standard InChI is InChI=1S/C19H29NO/c1-20-14-12-19(13-15-20,16-6-4-3-5-7-16)17-8-10-18(21-2)11-9-17/h8-11,16H,3-7,12-15H2,1-2H3. The van der Waals surface area contributed by atoms with Gasteiger partial charge in [0.1, 0.15) is 5.75 Å². The minimum absolute atomic E-state index is 0.416. The van der Waals surface area contributed by atoms with Crippen molar-refractivity contribution < 1.29 is 4.74 Å². The second kappa shape index (κ2) is 6.39. The smallest absolute Gasteiger partial charge is 0.118 e. The van der Waals surface area contributed by atoms with Crippen LogP contribution in [-0.4, -0.2) is 32.1 Å². The van der Waals surface area contributed by atoms with Gasteiger partial charge in [0.05, 0.1) is 7.11 Å². The van der Waals surface area contributed by atoms with Gasteiger partial charge in [0.2, 0.25) is 0 Å². The largest absolute Gasteiger partial charge is 0.497 e. The third-order valence-corrected chi connectivity index (χ3v) is 5.93. The summed E-state index contributed by atoms with van der Waals surface area (Å²) in [6, 6.07) is 8.97. The molecule has 0 aromatic heterocycles. The molecule has 1 aromatic rings. The molecular weight excluding hydrogens is 258 g/mol. The molecule has 0 atom stereocenters. The normalized spacial score (nSPS) is 23.9. The number of hydrogen-bond donors (Lipinski definition) is 0. The summed E-state index contributed by atoms with van der Waals surface area (Å²) in [5, 5.41) is 0. The van der Waals surface area contributed by atoms with Gasteiger partial charge in [-0.2, -0.15) is 0 Å². The lowest BCUT2D eigenvalue weighted by molar-refractivity contribution is 0.106. The van der Waals surface area contributed by atoms with Crippen LogP contribution in [0.2, 0.25) is 0 Å².